The normalized spacial score (nSPS) is 16.4. The van der Waals surface area contributed by atoms with Gasteiger partial charge in [-0.25, -0.2) is 4.98 Å². The van der Waals surface area contributed by atoms with Crippen molar-refractivity contribution in [2.24, 2.45) is 5.92 Å². The molecular weight excluding hydrogens is 436 g/mol. The molecule has 1 aromatic carbocycles. The van der Waals surface area contributed by atoms with Crippen LogP contribution in [0.2, 0.25) is 0 Å². The van der Waals surface area contributed by atoms with E-state index in [0.29, 0.717) is 35.4 Å². The Balaban J connectivity index is 1.38. The number of ether oxygens (including phenoxy) is 2. The molecule has 174 valence electrons. The fraction of sp³-hybridized carbons (Fsp3) is 0.400. The Morgan fingerprint density at radius 1 is 1.27 bits per heavy atom. The summed E-state index contributed by atoms with van der Waals surface area (Å²) in [5.74, 6) is 1.63. The van der Waals surface area contributed by atoms with Crippen molar-refractivity contribution >= 4 is 22.4 Å². The van der Waals surface area contributed by atoms with Crippen molar-refractivity contribution in [1.82, 2.24) is 14.9 Å². The highest BCUT2D eigenvalue weighted by atomic mass is 32.1. The predicted octanol–water partition coefficient (Wildman–Crippen LogP) is 5.00. The zero-order valence-corrected chi connectivity index (χ0v) is 19.9. The van der Waals surface area contributed by atoms with Gasteiger partial charge in [0.15, 0.2) is 16.6 Å². The van der Waals surface area contributed by atoms with Crippen molar-refractivity contribution < 1.29 is 14.3 Å². The number of carbonyl (C=O) groups is 1. The lowest BCUT2D eigenvalue weighted by atomic mass is 10.0. The first-order chi connectivity index (χ1) is 16.1. The first-order valence-electron chi connectivity index (χ1n) is 11.4. The van der Waals surface area contributed by atoms with Crippen LogP contribution in [0.4, 0.5) is 5.13 Å². The minimum absolute atomic E-state index is 0.220. The first-order valence-corrected chi connectivity index (χ1v) is 12.3. The van der Waals surface area contributed by atoms with Crippen LogP contribution in [0.3, 0.4) is 0 Å². The quantitative estimate of drug-likeness (QED) is 0.478. The van der Waals surface area contributed by atoms with Gasteiger partial charge in [-0.05, 0) is 56.5 Å². The van der Waals surface area contributed by atoms with Gasteiger partial charge in [0.25, 0.3) is 5.91 Å². The van der Waals surface area contributed by atoms with Crippen LogP contribution < -0.4 is 14.8 Å². The molecule has 8 heteroatoms. The number of hydrogen-bond donors (Lipinski definition) is 1. The zero-order chi connectivity index (χ0) is 23.0. The lowest BCUT2D eigenvalue weighted by molar-refractivity contribution is 0.102. The number of aromatic nitrogens is 2. The molecule has 1 aliphatic rings. The van der Waals surface area contributed by atoms with E-state index in [-0.39, 0.29) is 5.91 Å². The van der Waals surface area contributed by atoms with Gasteiger partial charge in [-0.15, -0.1) is 11.3 Å². The van der Waals surface area contributed by atoms with Crippen LogP contribution in [-0.4, -0.2) is 40.5 Å². The van der Waals surface area contributed by atoms with Crippen molar-refractivity contribution in [3.05, 3.63) is 64.9 Å². The van der Waals surface area contributed by atoms with Gasteiger partial charge in [-0.2, -0.15) is 0 Å². The zero-order valence-electron chi connectivity index (χ0n) is 19.1. The SMILES string of the molecule is CCOc1cc(C(=O)Nc2nc(CN3CCCC(C)C3)cs2)ccc1OCc1cccnc1. The Bertz CT molecular complexity index is 1060. The Hall–Kier alpha value is -2.97. The van der Waals surface area contributed by atoms with Crippen LogP contribution in [0.25, 0.3) is 0 Å². The Morgan fingerprint density at radius 3 is 2.97 bits per heavy atom. The second-order valence-electron chi connectivity index (χ2n) is 8.33. The van der Waals surface area contributed by atoms with E-state index in [1.54, 1.807) is 30.6 Å². The molecule has 3 heterocycles. The number of hydrogen-bond acceptors (Lipinski definition) is 7. The third kappa shape index (κ3) is 6.52. The summed E-state index contributed by atoms with van der Waals surface area (Å²) in [6, 6.07) is 9.03. The fourth-order valence-electron chi connectivity index (χ4n) is 3.95. The number of amides is 1. The number of thiazole rings is 1. The van der Waals surface area contributed by atoms with Crippen LogP contribution in [0.1, 0.15) is 48.3 Å². The third-order valence-corrected chi connectivity index (χ3v) is 6.33. The molecule has 2 aromatic heterocycles. The molecule has 0 radical (unpaired) electrons. The summed E-state index contributed by atoms with van der Waals surface area (Å²) in [5.41, 5.74) is 2.45. The van der Waals surface area contributed by atoms with Crippen molar-refractivity contribution in [3.8, 4) is 11.5 Å². The van der Waals surface area contributed by atoms with E-state index in [0.717, 1.165) is 36.8 Å². The highest BCUT2D eigenvalue weighted by molar-refractivity contribution is 7.14. The molecule has 1 N–H and O–H groups in total. The van der Waals surface area contributed by atoms with Crippen molar-refractivity contribution in [2.75, 3.05) is 25.0 Å². The van der Waals surface area contributed by atoms with E-state index in [1.165, 1.54) is 24.2 Å². The molecule has 0 spiro atoms. The summed E-state index contributed by atoms with van der Waals surface area (Å²) < 4.78 is 11.6. The van der Waals surface area contributed by atoms with E-state index < -0.39 is 0 Å². The summed E-state index contributed by atoms with van der Waals surface area (Å²) >= 11 is 1.45. The van der Waals surface area contributed by atoms with Crippen molar-refractivity contribution in [2.45, 2.75) is 39.8 Å². The van der Waals surface area contributed by atoms with E-state index >= 15 is 0 Å². The highest BCUT2D eigenvalue weighted by Gasteiger charge is 2.18. The number of anilines is 1. The first kappa shape index (κ1) is 23.2. The molecule has 33 heavy (non-hydrogen) atoms. The second-order valence-corrected chi connectivity index (χ2v) is 9.18. The maximum atomic E-state index is 12.8. The summed E-state index contributed by atoms with van der Waals surface area (Å²) in [6.07, 6.45) is 6.02. The summed E-state index contributed by atoms with van der Waals surface area (Å²) in [6.45, 7) is 8.08. The predicted molar refractivity (Wildman–Crippen MR) is 130 cm³/mol. The van der Waals surface area contributed by atoms with E-state index in [2.05, 4.69) is 27.1 Å². The maximum absolute atomic E-state index is 12.8. The number of carbonyl (C=O) groups excluding carboxylic acids is 1. The van der Waals surface area contributed by atoms with Gasteiger partial charge in [-0.3, -0.25) is 20.0 Å². The van der Waals surface area contributed by atoms with Crippen LogP contribution in [0, 0.1) is 5.92 Å². The molecule has 4 rings (SSSR count). The summed E-state index contributed by atoms with van der Waals surface area (Å²) in [7, 11) is 0. The number of likely N-dealkylation sites (tertiary alicyclic amines) is 1. The minimum atomic E-state index is -0.220. The van der Waals surface area contributed by atoms with E-state index in [1.807, 2.05) is 24.4 Å². The molecule has 1 aliphatic heterocycles. The maximum Gasteiger partial charge on any atom is 0.257 e. The van der Waals surface area contributed by atoms with Gasteiger partial charge >= 0.3 is 0 Å². The van der Waals surface area contributed by atoms with Gasteiger partial charge in [-0.1, -0.05) is 13.0 Å². The molecule has 1 atom stereocenters. The molecule has 1 unspecified atom stereocenters. The van der Waals surface area contributed by atoms with Crippen molar-refractivity contribution in [3.63, 3.8) is 0 Å². The highest BCUT2D eigenvalue weighted by Crippen LogP contribution is 2.30. The van der Waals surface area contributed by atoms with Crippen molar-refractivity contribution in [1.29, 1.82) is 0 Å². The largest absolute Gasteiger partial charge is 0.490 e. The average Bonchev–Trinajstić information content (AvgIpc) is 3.25. The Kier molecular flexibility index (Phi) is 7.91. The third-order valence-electron chi connectivity index (χ3n) is 5.52. The molecular formula is C25H30N4O3S. The summed E-state index contributed by atoms with van der Waals surface area (Å²) in [5, 5.41) is 5.55. The number of pyridine rings is 1. The van der Waals surface area contributed by atoms with E-state index in [9.17, 15) is 4.79 Å². The molecule has 1 saturated heterocycles. The van der Waals surface area contributed by atoms with Gasteiger partial charge in [0, 0.05) is 42.0 Å². The van der Waals surface area contributed by atoms with Crippen LogP contribution in [0.15, 0.2) is 48.1 Å². The fourth-order valence-corrected chi connectivity index (χ4v) is 4.64. The average molecular weight is 467 g/mol. The Morgan fingerprint density at radius 2 is 2.18 bits per heavy atom. The number of nitrogens with zero attached hydrogens (tertiary/aromatic N) is 3. The molecule has 0 saturated carbocycles. The molecule has 1 fully saturated rings. The van der Waals surface area contributed by atoms with Gasteiger partial charge in [0.05, 0.1) is 12.3 Å². The molecule has 0 aliphatic carbocycles. The smallest absolute Gasteiger partial charge is 0.257 e. The monoisotopic (exact) mass is 466 g/mol. The van der Waals surface area contributed by atoms with Gasteiger partial charge < -0.3 is 9.47 Å². The summed E-state index contributed by atoms with van der Waals surface area (Å²) in [4.78, 5) is 24.0. The number of benzene rings is 1. The number of nitrogens with one attached hydrogen (secondary N) is 1. The minimum Gasteiger partial charge on any atom is -0.490 e. The van der Waals surface area contributed by atoms with Gasteiger partial charge in [0.2, 0.25) is 0 Å². The van der Waals surface area contributed by atoms with Crippen LogP contribution in [0.5, 0.6) is 11.5 Å². The molecule has 0 bridgehead atoms. The number of rotatable bonds is 9. The Labute approximate surface area is 198 Å². The number of piperidine rings is 1. The lowest BCUT2D eigenvalue weighted by Gasteiger charge is -2.30. The molecule has 1 amide bonds. The standard InChI is InChI=1S/C25H30N4O3S/c1-3-31-23-12-20(8-9-22(23)32-16-19-7-4-10-26-13-19)24(30)28-25-27-21(17-33-25)15-29-11-5-6-18(2)14-29/h4,7-10,12-13,17-18H,3,5-6,11,14-16H2,1-2H3,(H,27,28,30). The van der Waals surface area contributed by atoms with Gasteiger partial charge in [0.1, 0.15) is 6.61 Å². The van der Waals surface area contributed by atoms with Crippen LogP contribution in [-0.2, 0) is 13.2 Å². The molecule has 7 nitrogen and oxygen atoms in total. The van der Waals surface area contributed by atoms with E-state index in [4.69, 9.17) is 9.47 Å². The van der Waals surface area contributed by atoms with Crippen LogP contribution >= 0.6 is 11.3 Å². The topological polar surface area (TPSA) is 76.6 Å². The molecule has 3 aromatic rings. The second kappa shape index (κ2) is 11.2. The lowest BCUT2D eigenvalue weighted by Crippen LogP contribution is -2.33.